The smallest absolute Gasteiger partial charge is 0.317 e. The molecule has 170 valence electrons. The summed E-state index contributed by atoms with van der Waals surface area (Å²) in [5, 5.41) is 17.9. The van der Waals surface area contributed by atoms with Gasteiger partial charge in [-0.1, -0.05) is 41.1 Å². The van der Waals surface area contributed by atoms with Gasteiger partial charge in [0.25, 0.3) is 5.89 Å². The molecule has 0 amide bonds. The van der Waals surface area contributed by atoms with Crippen LogP contribution in [0.3, 0.4) is 0 Å². The highest BCUT2D eigenvalue weighted by Crippen LogP contribution is 2.26. The monoisotopic (exact) mass is 483 g/mol. The lowest BCUT2D eigenvalue weighted by Gasteiger charge is -2.10. The highest BCUT2D eigenvalue weighted by molar-refractivity contribution is 7.99. The Bertz CT molecular complexity index is 1240. The molecule has 0 aliphatic carbocycles. The lowest BCUT2D eigenvalue weighted by atomic mass is 10.1. The van der Waals surface area contributed by atoms with Gasteiger partial charge in [0.15, 0.2) is 17.1 Å². The summed E-state index contributed by atoms with van der Waals surface area (Å²) in [5.74, 6) is 0.995. The van der Waals surface area contributed by atoms with Crippen LogP contribution in [0.1, 0.15) is 31.4 Å². The highest BCUT2D eigenvalue weighted by atomic mass is 35.5. The number of hydrogen-bond acceptors (Lipinski definition) is 8. The first kappa shape index (κ1) is 23.0. The van der Waals surface area contributed by atoms with Crippen molar-refractivity contribution in [3.63, 3.8) is 0 Å². The Balaban J connectivity index is 1.37. The molecule has 0 spiro atoms. The fourth-order valence-corrected chi connectivity index (χ4v) is 4.02. The van der Waals surface area contributed by atoms with Gasteiger partial charge in [-0.15, -0.1) is 20.4 Å². The Morgan fingerprint density at radius 2 is 1.76 bits per heavy atom. The number of hydrogen-bond donors (Lipinski definition) is 0. The van der Waals surface area contributed by atoms with E-state index in [9.17, 15) is 4.79 Å². The van der Waals surface area contributed by atoms with Crippen molar-refractivity contribution in [3.8, 4) is 22.8 Å². The van der Waals surface area contributed by atoms with E-state index in [1.807, 2.05) is 54.8 Å². The van der Waals surface area contributed by atoms with Crippen molar-refractivity contribution in [2.75, 3.05) is 5.75 Å². The topological polar surface area (TPSA) is 95.9 Å². The molecule has 2 aromatic carbocycles. The van der Waals surface area contributed by atoms with E-state index in [1.165, 1.54) is 11.8 Å². The van der Waals surface area contributed by atoms with Gasteiger partial charge in [0, 0.05) is 22.7 Å². The predicted molar refractivity (Wildman–Crippen MR) is 126 cm³/mol. The minimum absolute atomic E-state index is 0.0715. The third-order valence-corrected chi connectivity index (χ3v) is 6.04. The zero-order chi connectivity index (χ0) is 23.4. The van der Waals surface area contributed by atoms with E-state index in [1.54, 1.807) is 19.1 Å². The highest BCUT2D eigenvalue weighted by Gasteiger charge is 2.20. The van der Waals surface area contributed by atoms with Crippen LogP contribution in [0.25, 0.3) is 22.8 Å². The summed E-state index contributed by atoms with van der Waals surface area (Å²) >= 11 is 7.23. The maximum absolute atomic E-state index is 12.4. The minimum atomic E-state index is -0.668. The average molecular weight is 484 g/mol. The number of aryl methyl sites for hydroxylation is 1. The molecular formula is C23H22ClN5O3S. The van der Waals surface area contributed by atoms with Gasteiger partial charge in [-0.05, 0) is 57.2 Å². The van der Waals surface area contributed by atoms with Crippen LogP contribution >= 0.6 is 23.4 Å². The predicted octanol–water partition coefficient (Wildman–Crippen LogP) is 5.37. The second-order valence-corrected chi connectivity index (χ2v) is 8.67. The molecule has 33 heavy (non-hydrogen) atoms. The first-order valence-corrected chi connectivity index (χ1v) is 11.7. The average Bonchev–Trinajstić information content (AvgIpc) is 3.46. The van der Waals surface area contributed by atoms with Crippen LogP contribution in [0.5, 0.6) is 0 Å². The van der Waals surface area contributed by atoms with Gasteiger partial charge < -0.3 is 13.7 Å². The van der Waals surface area contributed by atoms with Gasteiger partial charge in [0.2, 0.25) is 5.89 Å². The van der Waals surface area contributed by atoms with Crippen LogP contribution in [0, 0.1) is 6.92 Å². The second-order valence-electron chi connectivity index (χ2n) is 7.29. The number of nitrogens with zero attached hydrogens (tertiary/aromatic N) is 5. The van der Waals surface area contributed by atoms with Gasteiger partial charge in [0.1, 0.15) is 0 Å². The molecule has 1 atom stereocenters. The quantitative estimate of drug-likeness (QED) is 0.243. The molecule has 0 saturated carbocycles. The molecule has 4 aromatic rings. The molecule has 8 nitrogen and oxygen atoms in total. The molecule has 0 N–H and O–H groups in total. The van der Waals surface area contributed by atoms with Crippen LogP contribution < -0.4 is 0 Å². The number of ether oxygens (including phenoxy) is 1. The molecule has 0 fully saturated rings. The number of rotatable bonds is 8. The summed E-state index contributed by atoms with van der Waals surface area (Å²) in [6.45, 7) is 6.35. The maximum atomic E-state index is 12.4. The number of esters is 1. The number of halogens is 1. The molecular weight excluding hydrogens is 462 g/mol. The van der Waals surface area contributed by atoms with Crippen molar-refractivity contribution in [2.45, 2.75) is 38.6 Å². The summed E-state index contributed by atoms with van der Waals surface area (Å²) < 4.78 is 13.1. The molecule has 2 aromatic heterocycles. The molecule has 0 aliphatic heterocycles. The lowest BCUT2D eigenvalue weighted by molar-refractivity contribution is -0.146. The summed E-state index contributed by atoms with van der Waals surface area (Å²) in [7, 11) is 0. The molecule has 0 saturated heterocycles. The lowest BCUT2D eigenvalue weighted by Crippen LogP contribution is -2.12. The fraction of sp³-hybridized carbons (Fsp3) is 0.261. The minimum Gasteiger partial charge on any atom is -0.452 e. The van der Waals surface area contributed by atoms with Crippen LogP contribution in [0.2, 0.25) is 5.02 Å². The Kier molecular flexibility index (Phi) is 7.10. The normalized spacial score (nSPS) is 12.0. The first-order chi connectivity index (χ1) is 15.9. The van der Waals surface area contributed by atoms with Crippen LogP contribution in [-0.2, 0) is 16.1 Å². The molecule has 0 radical (unpaired) electrons. The van der Waals surface area contributed by atoms with E-state index in [0.717, 1.165) is 16.7 Å². The van der Waals surface area contributed by atoms with E-state index in [0.29, 0.717) is 28.4 Å². The molecule has 4 rings (SSSR count). The van der Waals surface area contributed by atoms with Crippen molar-refractivity contribution in [3.05, 3.63) is 65.0 Å². The van der Waals surface area contributed by atoms with E-state index in [-0.39, 0.29) is 11.6 Å². The standard InChI is InChI=1S/C23H22ClN5O3S/c1-4-29-20(16-9-11-18(24)12-10-16)25-28-23(29)33-13-19(30)31-15(3)21-26-27-22(32-21)17-7-5-14(2)6-8-17/h5-12,15H,4,13H2,1-3H3. The number of aromatic nitrogens is 5. The van der Waals surface area contributed by atoms with Gasteiger partial charge in [-0.2, -0.15) is 0 Å². The van der Waals surface area contributed by atoms with Crippen LogP contribution in [0.15, 0.2) is 58.1 Å². The van der Waals surface area contributed by atoms with Crippen molar-refractivity contribution in [2.24, 2.45) is 0 Å². The van der Waals surface area contributed by atoms with Crippen molar-refractivity contribution >= 4 is 29.3 Å². The molecule has 0 aliphatic rings. The van der Waals surface area contributed by atoms with Gasteiger partial charge in [-0.25, -0.2) is 0 Å². The Morgan fingerprint density at radius 1 is 1.06 bits per heavy atom. The van der Waals surface area contributed by atoms with Gasteiger partial charge in [-0.3, -0.25) is 4.79 Å². The Hall–Kier alpha value is -3.17. The zero-order valence-corrected chi connectivity index (χ0v) is 19.9. The summed E-state index contributed by atoms with van der Waals surface area (Å²) in [4.78, 5) is 12.4. The Labute approximate surface area is 200 Å². The fourth-order valence-electron chi connectivity index (χ4n) is 3.11. The summed E-state index contributed by atoms with van der Waals surface area (Å²) in [5.41, 5.74) is 2.85. The molecule has 10 heteroatoms. The maximum Gasteiger partial charge on any atom is 0.317 e. The van der Waals surface area contributed by atoms with Gasteiger partial charge in [0.05, 0.1) is 5.75 Å². The Morgan fingerprint density at radius 3 is 2.45 bits per heavy atom. The third kappa shape index (κ3) is 5.43. The molecule has 2 heterocycles. The zero-order valence-electron chi connectivity index (χ0n) is 18.4. The molecule has 1 unspecified atom stereocenters. The van der Waals surface area contributed by atoms with Crippen molar-refractivity contribution in [1.29, 1.82) is 0 Å². The van der Waals surface area contributed by atoms with Gasteiger partial charge >= 0.3 is 5.97 Å². The number of thioether (sulfide) groups is 1. The summed E-state index contributed by atoms with van der Waals surface area (Å²) in [6, 6.07) is 15.1. The number of benzene rings is 2. The van der Waals surface area contributed by atoms with E-state index < -0.39 is 12.1 Å². The second kappa shape index (κ2) is 10.2. The number of carbonyl (C=O) groups excluding carboxylic acids is 1. The van der Waals surface area contributed by atoms with Crippen molar-refractivity contribution in [1.82, 2.24) is 25.0 Å². The number of carbonyl (C=O) groups is 1. The SMILES string of the molecule is CCn1c(SCC(=O)OC(C)c2nnc(-c3ccc(C)cc3)o2)nnc1-c1ccc(Cl)cc1. The van der Waals surface area contributed by atoms with E-state index >= 15 is 0 Å². The largest absolute Gasteiger partial charge is 0.452 e. The summed E-state index contributed by atoms with van der Waals surface area (Å²) in [6.07, 6.45) is -0.668. The van der Waals surface area contributed by atoms with Crippen LogP contribution in [0.4, 0.5) is 0 Å². The van der Waals surface area contributed by atoms with E-state index in [2.05, 4.69) is 20.4 Å². The molecule has 0 bridgehead atoms. The van der Waals surface area contributed by atoms with Crippen LogP contribution in [-0.4, -0.2) is 36.7 Å². The van der Waals surface area contributed by atoms with E-state index in [4.69, 9.17) is 20.8 Å². The van der Waals surface area contributed by atoms with Crippen molar-refractivity contribution < 1.29 is 13.9 Å². The first-order valence-electron chi connectivity index (χ1n) is 10.4. The third-order valence-electron chi connectivity index (χ3n) is 4.85.